The van der Waals surface area contributed by atoms with E-state index in [0.29, 0.717) is 6.04 Å². The first-order valence-corrected chi connectivity index (χ1v) is 6.92. The zero-order valence-electron chi connectivity index (χ0n) is 11.0. The van der Waals surface area contributed by atoms with Crippen LogP contribution in [-0.4, -0.2) is 52.1 Å². The summed E-state index contributed by atoms with van der Waals surface area (Å²) < 4.78 is 0. The maximum atomic E-state index is 12.5. The van der Waals surface area contributed by atoms with Crippen LogP contribution in [0.25, 0.3) is 0 Å². The van der Waals surface area contributed by atoms with Crippen LogP contribution in [0.15, 0.2) is 0 Å². The molecule has 0 radical (unpaired) electrons. The smallest absolute Gasteiger partial charge is 0.323 e. The monoisotopic (exact) mass is 254 g/mol. The molecule has 0 aromatic carbocycles. The average Bonchev–Trinajstić information content (AvgIpc) is 3.19. The van der Waals surface area contributed by atoms with Crippen LogP contribution in [-0.2, 0) is 4.79 Å². The van der Waals surface area contributed by atoms with Gasteiger partial charge in [-0.3, -0.25) is 4.79 Å². The van der Waals surface area contributed by atoms with Crippen LogP contribution in [0.4, 0.5) is 4.79 Å². The Balaban J connectivity index is 2.03. The van der Waals surface area contributed by atoms with Gasteiger partial charge in [0.2, 0.25) is 0 Å². The van der Waals surface area contributed by atoms with Crippen LogP contribution < -0.4 is 0 Å². The van der Waals surface area contributed by atoms with Crippen LogP contribution in [0.1, 0.15) is 45.4 Å². The molecule has 1 heterocycles. The topological polar surface area (TPSA) is 60.9 Å². The minimum atomic E-state index is -0.916. The Bertz CT molecular complexity index is 328. The first-order chi connectivity index (χ1) is 8.63. The molecule has 2 aliphatic rings. The van der Waals surface area contributed by atoms with Crippen molar-refractivity contribution in [3.8, 4) is 0 Å². The molecule has 1 aliphatic heterocycles. The number of piperidine rings is 1. The van der Waals surface area contributed by atoms with E-state index in [1.165, 1.54) is 6.42 Å². The summed E-state index contributed by atoms with van der Waals surface area (Å²) in [6.45, 7) is 2.71. The molecule has 1 unspecified atom stereocenters. The molecule has 102 valence electrons. The maximum Gasteiger partial charge on any atom is 0.323 e. The van der Waals surface area contributed by atoms with Crippen molar-refractivity contribution >= 4 is 12.0 Å². The third kappa shape index (κ3) is 2.94. The molecule has 18 heavy (non-hydrogen) atoms. The number of rotatable bonds is 4. The summed E-state index contributed by atoms with van der Waals surface area (Å²) in [5.41, 5.74) is 0. The third-order valence-corrected chi connectivity index (χ3v) is 3.88. The minimum absolute atomic E-state index is 0.0635. The Morgan fingerprint density at radius 2 is 2.00 bits per heavy atom. The summed E-state index contributed by atoms with van der Waals surface area (Å²) in [6, 6.07) is 0.390. The van der Waals surface area contributed by atoms with Gasteiger partial charge in [0.25, 0.3) is 0 Å². The molecule has 1 saturated heterocycles. The lowest BCUT2D eigenvalue weighted by Gasteiger charge is -2.38. The lowest BCUT2D eigenvalue weighted by atomic mass is 10.0. The Labute approximate surface area is 108 Å². The fourth-order valence-electron chi connectivity index (χ4n) is 2.73. The zero-order valence-corrected chi connectivity index (χ0v) is 11.0. The SMILES string of the molecule is CCC1CCCCN1C(=O)N(CC(=O)O)C1CC1. The van der Waals surface area contributed by atoms with Crippen molar-refractivity contribution in [1.82, 2.24) is 9.80 Å². The van der Waals surface area contributed by atoms with Crippen LogP contribution in [0.5, 0.6) is 0 Å². The predicted molar refractivity (Wildman–Crippen MR) is 67.4 cm³/mol. The molecule has 1 atom stereocenters. The highest BCUT2D eigenvalue weighted by Gasteiger charge is 2.38. The van der Waals surface area contributed by atoms with Crippen molar-refractivity contribution in [2.45, 2.75) is 57.5 Å². The Morgan fingerprint density at radius 1 is 1.28 bits per heavy atom. The number of hydrogen-bond donors (Lipinski definition) is 1. The molecular formula is C13H22N2O3. The lowest BCUT2D eigenvalue weighted by Crippen LogP contribution is -2.52. The van der Waals surface area contributed by atoms with Gasteiger partial charge < -0.3 is 14.9 Å². The van der Waals surface area contributed by atoms with E-state index < -0.39 is 5.97 Å². The molecule has 1 aliphatic carbocycles. The van der Waals surface area contributed by atoms with E-state index in [1.807, 2.05) is 4.90 Å². The lowest BCUT2D eigenvalue weighted by molar-refractivity contribution is -0.138. The van der Waals surface area contributed by atoms with Gasteiger partial charge in [-0.25, -0.2) is 4.79 Å². The van der Waals surface area contributed by atoms with Gasteiger partial charge in [-0.05, 0) is 38.5 Å². The highest BCUT2D eigenvalue weighted by Crippen LogP contribution is 2.29. The quantitative estimate of drug-likeness (QED) is 0.833. The second-order valence-electron chi connectivity index (χ2n) is 5.29. The Kier molecular flexibility index (Phi) is 4.09. The van der Waals surface area contributed by atoms with Gasteiger partial charge in [-0.15, -0.1) is 0 Å². The number of carbonyl (C=O) groups excluding carboxylic acids is 1. The first-order valence-electron chi connectivity index (χ1n) is 6.92. The second-order valence-corrected chi connectivity index (χ2v) is 5.29. The van der Waals surface area contributed by atoms with Gasteiger partial charge in [-0.1, -0.05) is 6.92 Å². The largest absolute Gasteiger partial charge is 0.480 e. The zero-order chi connectivity index (χ0) is 13.1. The standard InChI is InChI=1S/C13H22N2O3/c1-2-10-5-3-4-8-14(10)13(18)15(9-12(16)17)11-6-7-11/h10-11H,2-9H2,1H3,(H,16,17). The minimum Gasteiger partial charge on any atom is -0.480 e. The second kappa shape index (κ2) is 5.59. The summed E-state index contributed by atoms with van der Waals surface area (Å²) >= 11 is 0. The van der Waals surface area contributed by atoms with E-state index in [-0.39, 0.29) is 18.6 Å². The number of likely N-dealkylation sites (tertiary alicyclic amines) is 1. The Hall–Kier alpha value is -1.26. The van der Waals surface area contributed by atoms with Gasteiger partial charge in [0, 0.05) is 18.6 Å². The molecule has 1 saturated carbocycles. The number of carboxylic acids is 1. The van der Waals surface area contributed by atoms with E-state index in [9.17, 15) is 9.59 Å². The predicted octanol–water partition coefficient (Wildman–Crippen LogP) is 1.92. The summed E-state index contributed by atoms with van der Waals surface area (Å²) in [5.74, 6) is -0.916. The fourth-order valence-corrected chi connectivity index (χ4v) is 2.73. The third-order valence-electron chi connectivity index (χ3n) is 3.88. The van der Waals surface area contributed by atoms with Crippen molar-refractivity contribution in [3.63, 3.8) is 0 Å². The Morgan fingerprint density at radius 3 is 2.56 bits per heavy atom. The van der Waals surface area contributed by atoms with Crippen LogP contribution in [0, 0.1) is 0 Å². The number of carbonyl (C=O) groups is 2. The van der Waals surface area contributed by atoms with E-state index >= 15 is 0 Å². The van der Waals surface area contributed by atoms with Crippen molar-refractivity contribution in [2.24, 2.45) is 0 Å². The molecule has 0 spiro atoms. The molecule has 5 heteroatoms. The molecule has 1 N–H and O–H groups in total. The molecule has 2 fully saturated rings. The highest BCUT2D eigenvalue weighted by atomic mass is 16.4. The normalized spacial score (nSPS) is 23.8. The molecule has 0 bridgehead atoms. The van der Waals surface area contributed by atoms with Gasteiger partial charge in [-0.2, -0.15) is 0 Å². The van der Waals surface area contributed by atoms with E-state index in [4.69, 9.17) is 5.11 Å². The number of nitrogens with zero attached hydrogens (tertiary/aromatic N) is 2. The molecule has 5 nitrogen and oxygen atoms in total. The van der Waals surface area contributed by atoms with E-state index in [1.54, 1.807) is 4.90 Å². The molecule has 2 rings (SSSR count). The van der Waals surface area contributed by atoms with Crippen molar-refractivity contribution in [2.75, 3.05) is 13.1 Å². The summed E-state index contributed by atoms with van der Waals surface area (Å²) in [4.78, 5) is 26.8. The van der Waals surface area contributed by atoms with Crippen LogP contribution in [0.3, 0.4) is 0 Å². The van der Waals surface area contributed by atoms with Crippen molar-refractivity contribution in [1.29, 1.82) is 0 Å². The number of hydrogen-bond acceptors (Lipinski definition) is 2. The number of amides is 2. The fraction of sp³-hybridized carbons (Fsp3) is 0.846. The van der Waals surface area contributed by atoms with E-state index in [0.717, 1.165) is 38.6 Å². The summed E-state index contributed by atoms with van der Waals surface area (Å²) in [5, 5.41) is 8.92. The average molecular weight is 254 g/mol. The molecule has 0 aromatic heterocycles. The summed E-state index contributed by atoms with van der Waals surface area (Å²) in [7, 11) is 0. The van der Waals surface area contributed by atoms with Gasteiger partial charge in [0.1, 0.15) is 6.54 Å². The number of carboxylic acid groups (broad SMARTS) is 1. The summed E-state index contributed by atoms with van der Waals surface area (Å²) in [6.07, 6.45) is 6.11. The molecular weight excluding hydrogens is 232 g/mol. The number of aliphatic carboxylic acids is 1. The number of urea groups is 1. The van der Waals surface area contributed by atoms with E-state index in [2.05, 4.69) is 6.92 Å². The van der Waals surface area contributed by atoms with Gasteiger partial charge >= 0.3 is 12.0 Å². The maximum absolute atomic E-state index is 12.5. The molecule has 0 aromatic rings. The van der Waals surface area contributed by atoms with Crippen molar-refractivity contribution in [3.05, 3.63) is 0 Å². The van der Waals surface area contributed by atoms with Crippen LogP contribution >= 0.6 is 0 Å². The van der Waals surface area contributed by atoms with Crippen molar-refractivity contribution < 1.29 is 14.7 Å². The highest BCUT2D eigenvalue weighted by molar-refractivity contribution is 5.81. The van der Waals surface area contributed by atoms with Crippen LogP contribution in [0.2, 0.25) is 0 Å². The molecule has 2 amide bonds. The first kappa shape index (κ1) is 13.2. The van der Waals surface area contributed by atoms with Gasteiger partial charge in [0.15, 0.2) is 0 Å². The van der Waals surface area contributed by atoms with Gasteiger partial charge in [0.05, 0.1) is 0 Å².